The van der Waals surface area contributed by atoms with Crippen molar-refractivity contribution in [2.75, 3.05) is 13.2 Å². The second-order valence-corrected chi connectivity index (χ2v) is 8.00. The summed E-state index contributed by atoms with van der Waals surface area (Å²) in [6.07, 6.45) is 4.54. The topological polar surface area (TPSA) is 18.5 Å². The van der Waals surface area contributed by atoms with Crippen molar-refractivity contribution in [3.8, 4) is 0 Å². The van der Waals surface area contributed by atoms with Gasteiger partial charge in [0.25, 0.3) is 0 Å². The highest BCUT2D eigenvalue weighted by atomic mass is 79.9. The summed E-state index contributed by atoms with van der Waals surface area (Å²) in [4.78, 5) is 0. The average molecular weight is 358 g/mol. The van der Waals surface area contributed by atoms with Crippen molar-refractivity contribution < 1.29 is 8.85 Å². The second-order valence-electron chi connectivity index (χ2n) is 5.00. The van der Waals surface area contributed by atoms with Crippen LogP contribution in [0.15, 0.2) is 28.7 Å². The Morgan fingerprint density at radius 3 is 2.20 bits per heavy atom. The number of halogens is 1. The maximum absolute atomic E-state index is 6.05. The fraction of sp³-hybridized carbons (Fsp3) is 0.625. The highest BCUT2D eigenvalue weighted by Gasteiger charge is 2.26. The molecule has 0 aromatic heterocycles. The van der Waals surface area contributed by atoms with E-state index >= 15 is 0 Å². The molecule has 0 aliphatic carbocycles. The molecule has 0 amide bonds. The molecule has 0 heterocycles. The largest absolute Gasteiger partial charge is 0.393 e. The number of rotatable bonds is 10. The molecule has 1 atom stereocenters. The van der Waals surface area contributed by atoms with Gasteiger partial charge in [-0.1, -0.05) is 61.7 Å². The van der Waals surface area contributed by atoms with E-state index in [1.165, 1.54) is 5.56 Å². The van der Waals surface area contributed by atoms with E-state index in [4.69, 9.17) is 8.85 Å². The van der Waals surface area contributed by atoms with Crippen LogP contribution in [0.2, 0.25) is 0 Å². The third-order valence-electron chi connectivity index (χ3n) is 3.19. The quantitative estimate of drug-likeness (QED) is 0.422. The summed E-state index contributed by atoms with van der Waals surface area (Å²) in [5, 5.41) is 0. The Morgan fingerprint density at radius 2 is 1.70 bits per heavy atom. The Balaban J connectivity index is 2.63. The van der Waals surface area contributed by atoms with Crippen LogP contribution in [-0.2, 0) is 8.85 Å². The highest BCUT2D eigenvalue weighted by molar-refractivity contribution is 9.10. The first-order chi connectivity index (χ1) is 9.69. The molecule has 0 aliphatic rings. The van der Waals surface area contributed by atoms with Crippen molar-refractivity contribution in [2.45, 2.75) is 52.0 Å². The zero-order valence-corrected chi connectivity index (χ0v) is 15.4. The predicted molar refractivity (Wildman–Crippen MR) is 90.0 cm³/mol. The lowest BCUT2D eigenvalue weighted by atomic mass is 10.2. The lowest BCUT2D eigenvalue weighted by molar-refractivity contribution is 0.185. The highest BCUT2D eigenvalue weighted by Crippen LogP contribution is 2.23. The van der Waals surface area contributed by atoms with Crippen molar-refractivity contribution in [3.05, 3.63) is 34.3 Å². The van der Waals surface area contributed by atoms with Gasteiger partial charge in [0.2, 0.25) is 0 Å². The van der Waals surface area contributed by atoms with E-state index in [-0.39, 0.29) is 0 Å². The number of hydrogen-bond acceptors (Lipinski definition) is 2. The van der Waals surface area contributed by atoms with Crippen molar-refractivity contribution >= 4 is 25.2 Å². The van der Waals surface area contributed by atoms with Crippen LogP contribution in [0, 0.1) is 0 Å². The van der Waals surface area contributed by atoms with Crippen LogP contribution in [0.3, 0.4) is 0 Å². The Kier molecular flexibility index (Phi) is 9.43. The first kappa shape index (κ1) is 17.9. The van der Waals surface area contributed by atoms with Crippen molar-refractivity contribution in [2.24, 2.45) is 0 Å². The molecule has 2 nitrogen and oxygen atoms in total. The van der Waals surface area contributed by atoms with Gasteiger partial charge in [-0.15, -0.1) is 0 Å². The van der Waals surface area contributed by atoms with Crippen molar-refractivity contribution in [1.29, 1.82) is 0 Å². The molecule has 1 unspecified atom stereocenters. The molecule has 0 spiro atoms. The first-order valence-corrected chi connectivity index (χ1v) is 9.75. The maximum Gasteiger partial charge on any atom is 0.392 e. The summed E-state index contributed by atoms with van der Waals surface area (Å²) in [5.41, 5.74) is 1.63. The van der Waals surface area contributed by atoms with E-state index in [1.54, 1.807) is 0 Å². The molecule has 4 heteroatoms. The summed E-state index contributed by atoms with van der Waals surface area (Å²) >= 11 is 3.54. The van der Waals surface area contributed by atoms with E-state index in [1.807, 2.05) is 0 Å². The molecule has 1 aromatic carbocycles. The summed E-state index contributed by atoms with van der Waals surface area (Å²) in [5.74, 6) is 0. The third kappa shape index (κ3) is 6.53. The molecular weight excluding hydrogens is 332 g/mol. The smallest absolute Gasteiger partial charge is 0.392 e. The van der Waals surface area contributed by atoms with Gasteiger partial charge in [0.1, 0.15) is 0 Å². The van der Waals surface area contributed by atoms with Gasteiger partial charge in [-0.05, 0) is 30.5 Å². The molecule has 1 aromatic rings. The van der Waals surface area contributed by atoms with Crippen LogP contribution >= 0.6 is 15.9 Å². The molecule has 1 radical (unpaired) electrons. The minimum Gasteiger partial charge on any atom is -0.393 e. The third-order valence-corrected chi connectivity index (χ3v) is 5.70. The van der Waals surface area contributed by atoms with Gasteiger partial charge in [-0.2, -0.15) is 0 Å². The Hall–Kier alpha value is -0.163. The van der Waals surface area contributed by atoms with Gasteiger partial charge in [-0.25, -0.2) is 0 Å². The predicted octanol–water partition coefficient (Wildman–Crippen LogP) is 5.21. The van der Waals surface area contributed by atoms with Crippen molar-refractivity contribution in [3.63, 3.8) is 0 Å². The Labute approximate surface area is 133 Å². The van der Waals surface area contributed by atoms with Gasteiger partial charge in [0, 0.05) is 23.2 Å². The molecule has 113 valence electrons. The average Bonchev–Trinajstić information content (AvgIpc) is 2.45. The summed E-state index contributed by atoms with van der Waals surface area (Å²) in [6, 6.07) is 8.46. The molecule has 0 saturated heterocycles. The molecule has 20 heavy (non-hydrogen) atoms. The molecular formula is C16H26BrO2Si. The van der Waals surface area contributed by atoms with Gasteiger partial charge in [0.15, 0.2) is 0 Å². The number of unbranched alkanes of at least 4 members (excludes halogenated alkanes) is 2. The van der Waals surface area contributed by atoms with Crippen LogP contribution in [0.25, 0.3) is 0 Å². The van der Waals surface area contributed by atoms with E-state index in [0.29, 0.717) is 5.54 Å². The van der Waals surface area contributed by atoms with E-state index in [2.05, 4.69) is 61.0 Å². The molecule has 0 N–H and O–H groups in total. The van der Waals surface area contributed by atoms with Gasteiger partial charge in [-0.3, -0.25) is 0 Å². The minimum atomic E-state index is -1.26. The monoisotopic (exact) mass is 357 g/mol. The Morgan fingerprint density at radius 1 is 1.10 bits per heavy atom. The SMILES string of the molecule is CCCCO[Si](OCCCC)C(C)c1cccc(Br)c1. The molecule has 0 fully saturated rings. The van der Waals surface area contributed by atoms with Crippen LogP contribution in [0.1, 0.15) is 57.6 Å². The van der Waals surface area contributed by atoms with Crippen LogP contribution in [0.4, 0.5) is 0 Å². The normalized spacial score (nSPS) is 12.8. The summed E-state index contributed by atoms with van der Waals surface area (Å²) < 4.78 is 13.2. The standard InChI is InChI=1S/C16H26BrO2Si/c1-4-6-11-18-20(19-12-7-5-2)14(3)15-9-8-10-16(17)13-15/h8-10,13-14H,4-7,11-12H2,1-3H3. The first-order valence-electron chi connectivity index (χ1n) is 7.56. The fourth-order valence-electron chi connectivity index (χ4n) is 1.84. The van der Waals surface area contributed by atoms with Crippen LogP contribution < -0.4 is 0 Å². The Bertz CT molecular complexity index is 363. The fourth-order valence-corrected chi connectivity index (χ4v) is 3.98. The molecule has 0 aliphatic heterocycles. The van der Waals surface area contributed by atoms with Gasteiger partial charge < -0.3 is 8.85 Å². The lowest BCUT2D eigenvalue weighted by Gasteiger charge is -2.21. The molecule has 0 saturated carbocycles. The molecule has 0 bridgehead atoms. The number of benzene rings is 1. The zero-order chi connectivity index (χ0) is 14.8. The van der Waals surface area contributed by atoms with E-state index in [9.17, 15) is 0 Å². The summed E-state index contributed by atoms with van der Waals surface area (Å²) in [6.45, 7) is 8.22. The maximum atomic E-state index is 6.05. The van der Waals surface area contributed by atoms with Crippen LogP contribution in [0.5, 0.6) is 0 Å². The summed E-state index contributed by atoms with van der Waals surface area (Å²) in [7, 11) is -1.26. The lowest BCUT2D eigenvalue weighted by Crippen LogP contribution is -2.31. The zero-order valence-electron chi connectivity index (χ0n) is 12.8. The van der Waals surface area contributed by atoms with Gasteiger partial charge in [0.05, 0.1) is 0 Å². The van der Waals surface area contributed by atoms with Crippen molar-refractivity contribution in [1.82, 2.24) is 0 Å². The van der Waals surface area contributed by atoms with Crippen LogP contribution in [-0.4, -0.2) is 22.5 Å². The number of hydrogen-bond donors (Lipinski definition) is 0. The van der Waals surface area contributed by atoms with E-state index < -0.39 is 9.28 Å². The second kappa shape index (κ2) is 10.5. The van der Waals surface area contributed by atoms with E-state index in [0.717, 1.165) is 43.4 Å². The van der Waals surface area contributed by atoms with Gasteiger partial charge >= 0.3 is 9.28 Å². The minimum absolute atomic E-state index is 0.339. The molecule has 1 rings (SSSR count).